The standard InChI is InChI=1S/C13H16O3/c14-8-2-7-12(15)11-6-1-4-10-5-3-9-16-13(10)11/h1,4,6,14H,2-3,5,7-9H2. The molecule has 3 nitrogen and oxygen atoms in total. The van der Waals surface area contributed by atoms with Crippen molar-refractivity contribution in [2.24, 2.45) is 0 Å². The number of aliphatic hydroxyl groups excluding tert-OH is 1. The molecule has 1 N–H and O–H groups in total. The van der Waals surface area contributed by atoms with Crippen LogP contribution in [-0.4, -0.2) is 24.1 Å². The normalized spacial score (nSPS) is 14.1. The third kappa shape index (κ3) is 2.25. The Bertz CT molecular complexity index is 385. The van der Waals surface area contributed by atoms with Crippen LogP contribution in [0.1, 0.15) is 35.2 Å². The van der Waals surface area contributed by atoms with Crippen LogP contribution in [0, 0.1) is 0 Å². The number of ketones is 1. The number of carbonyl (C=O) groups is 1. The third-order valence-corrected chi connectivity index (χ3v) is 2.80. The fourth-order valence-electron chi connectivity index (χ4n) is 1.98. The lowest BCUT2D eigenvalue weighted by Gasteiger charge is -2.19. The van der Waals surface area contributed by atoms with E-state index in [2.05, 4.69) is 0 Å². The van der Waals surface area contributed by atoms with Crippen molar-refractivity contribution in [1.29, 1.82) is 0 Å². The Morgan fingerprint density at radius 2 is 2.31 bits per heavy atom. The maximum Gasteiger partial charge on any atom is 0.166 e. The molecule has 3 heteroatoms. The van der Waals surface area contributed by atoms with E-state index >= 15 is 0 Å². The van der Waals surface area contributed by atoms with Crippen LogP contribution in [0.25, 0.3) is 0 Å². The van der Waals surface area contributed by atoms with Gasteiger partial charge in [0, 0.05) is 13.0 Å². The molecule has 86 valence electrons. The number of rotatable bonds is 4. The second-order valence-corrected chi connectivity index (χ2v) is 4.00. The monoisotopic (exact) mass is 220 g/mol. The number of hydrogen-bond donors (Lipinski definition) is 1. The number of carbonyl (C=O) groups excluding carboxylic acids is 1. The van der Waals surface area contributed by atoms with Crippen LogP contribution in [-0.2, 0) is 6.42 Å². The largest absolute Gasteiger partial charge is 0.493 e. The molecule has 16 heavy (non-hydrogen) atoms. The molecular weight excluding hydrogens is 204 g/mol. The maximum absolute atomic E-state index is 11.9. The molecule has 0 atom stereocenters. The van der Waals surface area contributed by atoms with E-state index in [9.17, 15) is 4.79 Å². The predicted octanol–water partition coefficient (Wildman–Crippen LogP) is 1.97. The molecule has 0 amide bonds. The second kappa shape index (κ2) is 5.12. The lowest BCUT2D eigenvalue weighted by atomic mass is 9.98. The van der Waals surface area contributed by atoms with Crippen LogP contribution in [0.4, 0.5) is 0 Å². The molecule has 1 heterocycles. The van der Waals surface area contributed by atoms with Crippen molar-refractivity contribution in [3.63, 3.8) is 0 Å². The summed E-state index contributed by atoms with van der Waals surface area (Å²) in [6.45, 7) is 0.749. The van der Waals surface area contributed by atoms with Gasteiger partial charge in [0.1, 0.15) is 5.75 Å². The first-order chi connectivity index (χ1) is 7.83. The first kappa shape index (κ1) is 11.1. The van der Waals surface area contributed by atoms with Crippen molar-refractivity contribution in [1.82, 2.24) is 0 Å². The van der Waals surface area contributed by atoms with Gasteiger partial charge in [0.2, 0.25) is 0 Å². The summed E-state index contributed by atoms with van der Waals surface area (Å²) in [4.78, 5) is 11.9. The van der Waals surface area contributed by atoms with E-state index in [4.69, 9.17) is 9.84 Å². The first-order valence-electron chi connectivity index (χ1n) is 5.71. The van der Waals surface area contributed by atoms with E-state index in [0.717, 1.165) is 24.2 Å². The summed E-state index contributed by atoms with van der Waals surface area (Å²) < 4.78 is 5.57. The number of aliphatic hydroxyl groups is 1. The van der Waals surface area contributed by atoms with E-state index in [1.807, 2.05) is 18.2 Å². The van der Waals surface area contributed by atoms with E-state index in [0.29, 0.717) is 25.0 Å². The number of para-hydroxylation sites is 1. The van der Waals surface area contributed by atoms with Gasteiger partial charge in [-0.3, -0.25) is 4.79 Å². The minimum atomic E-state index is 0.0572. The zero-order valence-corrected chi connectivity index (χ0v) is 9.24. The number of ether oxygens (including phenoxy) is 1. The second-order valence-electron chi connectivity index (χ2n) is 4.00. The first-order valence-corrected chi connectivity index (χ1v) is 5.71. The third-order valence-electron chi connectivity index (χ3n) is 2.80. The number of hydrogen-bond acceptors (Lipinski definition) is 3. The lowest BCUT2D eigenvalue weighted by Crippen LogP contribution is -2.13. The average molecular weight is 220 g/mol. The van der Waals surface area contributed by atoms with Gasteiger partial charge in [-0.15, -0.1) is 0 Å². The SMILES string of the molecule is O=C(CCCO)c1cccc2c1OCCC2. The molecule has 2 rings (SSSR count). The summed E-state index contributed by atoms with van der Waals surface area (Å²) in [5.41, 5.74) is 1.80. The van der Waals surface area contributed by atoms with Crippen LogP contribution in [0.2, 0.25) is 0 Å². The Balaban J connectivity index is 2.23. The molecule has 0 aromatic heterocycles. The molecule has 1 aliphatic rings. The molecular formula is C13H16O3. The van der Waals surface area contributed by atoms with E-state index in [1.165, 1.54) is 0 Å². The van der Waals surface area contributed by atoms with Crippen LogP contribution < -0.4 is 4.74 Å². The highest BCUT2D eigenvalue weighted by molar-refractivity contribution is 5.99. The van der Waals surface area contributed by atoms with Gasteiger partial charge in [0.15, 0.2) is 5.78 Å². The predicted molar refractivity (Wildman–Crippen MR) is 60.9 cm³/mol. The van der Waals surface area contributed by atoms with Gasteiger partial charge in [0.25, 0.3) is 0 Å². The number of Topliss-reactive ketones (excluding diaryl/α,β-unsaturated/α-hetero) is 1. The van der Waals surface area contributed by atoms with Crippen molar-refractivity contribution in [3.05, 3.63) is 29.3 Å². The van der Waals surface area contributed by atoms with Gasteiger partial charge in [-0.2, -0.15) is 0 Å². The molecule has 1 aromatic carbocycles. The topological polar surface area (TPSA) is 46.5 Å². The molecule has 0 saturated heterocycles. The number of benzene rings is 1. The summed E-state index contributed by atoms with van der Waals surface area (Å²) in [7, 11) is 0. The summed E-state index contributed by atoms with van der Waals surface area (Å²) in [6.07, 6.45) is 2.90. The van der Waals surface area contributed by atoms with Gasteiger partial charge < -0.3 is 9.84 Å². The Hall–Kier alpha value is -1.35. The Kier molecular flexibility index (Phi) is 3.57. The Morgan fingerprint density at radius 1 is 1.44 bits per heavy atom. The maximum atomic E-state index is 11.9. The van der Waals surface area contributed by atoms with Crippen molar-refractivity contribution in [3.8, 4) is 5.75 Å². The molecule has 0 spiro atoms. The molecule has 0 fully saturated rings. The highest BCUT2D eigenvalue weighted by atomic mass is 16.5. The molecule has 1 aromatic rings. The summed E-state index contributed by atoms with van der Waals surface area (Å²) in [5, 5.41) is 8.72. The molecule has 0 radical (unpaired) electrons. The van der Waals surface area contributed by atoms with Gasteiger partial charge in [-0.25, -0.2) is 0 Å². The van der Waals surface area contributed by atoms with E-state index < -0.39 is 0 Å². The van der Waals surface area contributed by atoms with Crippen molar-refractivity contribution in [2.75, 3.05) is 13.2 Å². The van der Waals surface area contributed by atoms with Crippen LogP contribution in [0.3, 0.4) is 0 Å². The van der Waals surface area contributed by atoms with Gasteiger partial charge in [0.05, 0.1) is 12.2 Å². The Labute approximate surface area is 95.0 Å². The minimum Gasteiger partial charge on any atom is -0.493 e. The van der Waals surface area contributed by atoms with Gasteiger partial charge >= 0.3 is 0 Å². The zero-order valence-electron chi connectivity index (χ0n) is 9.24. The van der Waals surface area contributed by atoms with E-state index in [1.54, 1.807) is 0 Å². The molecule has 0 aliphatic carbocycles. The van der Waals surface area contributed by atoms with Crippen LogP contribution in [0.5, 0.6) is 5.75 Å². The minimum absolute atomic E-state index is 0.0572. The van der Waals surface area contributed by atoms with Crippen LogP contribution >= 0.6 is 0 Å². The fraction of sp³-hybridized carbons (Fsp3) is 0.462. The van der Waals surface area contributed by atoms with Crippen LogP contribution in [0.15, 0.2) is 18.2 Å². The van der Waals surface area contributed by atoms with Gasteiger partial charge in [-0.05, 0) is 30.9 Å². The summed E-state index contributed by atoms with van der Waals surface area (Å²) in [5.74, 6) is 0.824. The summed E-state index contributed by atoms with van der Waals surface area (Å²) >= 11 is 0. The number of fused-ring (bicyclic) bond motifs is 1. The van der Waals surface area contributed by atoms with Crippen molar-refractivity contribution < 1.29 is 14.6 Å². The van der Waals surface area contributed by atoms with Crippen molar-refractivity contribution in [2.45, 2.75) is 25.7 Å². The Morgan fingerprint density at radius 3 is 3.12 bits per heavy atom. The quantitative estimate of drug-likeness (QED) is 0.789. The number of aryl methyl sites for hydroxylation is 1. The highest BCUT2D eigenvalue weighted by Gasteiger charge is 2.18. The molecule has 0 bridgehead atoms. The smallest absolute Gasteiger partial charge is 0.166 e. The molecule has 0 saturated carbocycles. The van der Waals surface area contributed by atoms with Gasteiger partial charge in [-0.1, -0.05) is 12.1 Å². The van der Waals surface area contributed by atoms with Crippen molar-refractivity contribution >= 4 is 5.78 Å². The summed E-state index contributed by atoms with van der Waals surface area (Å²) in [6, 6.07) is 5.72. The molecule has 0 unspecified atom stereocenters. The van der Waals surface area contributed by atoms with E-state index in [-0.39, 0.29) is 12.4 Å². The molecule has 1 aliphatic heterocycles. The lowest BCUT2D eigenvalue weighted by molar-refractivity contribution is 0.0966. The fourth-order valence-corrected chi connectivity index (χ4v) is 1.98. The highest BCUT2D eigenvalue weighted by Crippen LogP contribution is 2.29. The zero-order chi connectivity index (χ0) is 11.4. The average Bonchev–Trinajstić information content (AvgIpc) is 2.35.